The van der Waals surface area contributed by atoms with Gasteiger partial charge in [-0.15, -0.1) is 11.3 Å². The second-order valence-electron chi connectivity index (χ2n) is 6.36. The standard InChI is InChI=1S/C21H22N2O3S2/c1-17(24)22-19-9-11-21(12-10-19)28(25,26)23(16-20-8-5-15-27-20)14-13-18-6-3-2-4-7-18/h2-12,15H,13-14,16H2,1H3,(H,22,24). The lowest BCUT2D eigenvalue weighted by Gasteiger charge is -2.22. The van der Waals surface area contributed by atoms with Crippen molar-refractivity contribution in [2.75, 3.05) is 11.9 Å². The molecule has 0 aliphatic rings. The minimum atomic E-state index is -3.67. The van der Waals surface area contributed by atoms with Crippen LogP contribution >= 0.6 is 11.3 Å². The molecule has 1 aromatic heterocycles. The van der Waals surface area contributed by atoms with Crippen LogP contribution < -0.4 is 5.32 Å². The van der Waals surface area contributed by atoms with E-state index >= 15 is 0 Å². The Kier molecular flexibility index (Phi) is 6.61. The number of benzene rings is 2. The summed E-state index contributed by atoms with van der Waals surface area (Å²) in [6.07, 6.45) is 0.634. The molecular weight excluding hydrogens is 392 g/mol. The van der Waals surface area contributed by atoms with E-state index in [1.54, 1.807) is 12.1 Å². The van der Waals surface area contributed by atoms with Gasteiger partial charge in [0.1, 0.15) is 0 Å². The molecular formula is C21H22N2O3S2. The molecule has 3 rings (SSSR count). The summed E-state index contributed by atoms with van der Waals surface area (Å²) in [6, 6.07) is 20.0. The average Bonchev–Trinajstić information content (AvgIpc) is 3.19. The number of amides is 1. The summed E-state index contributed by atoms with van der Waals surface area (Å²) in [5.74, 6) is -0.196. The van der Waals surface area contributed by atoms with Gasteiger partial charge >= 0.3 is 0 Å². The summed E-state index contributed by atoms with van der Waals surface area (Å²) >= 11 is 1.54. The fourth-order valence-electron chi connectivity index (χ4n) is 2.82. The van der Waals surface area contributed by atoms with E-state index in [-0.39, 0.29) is 10.8 Å². The minimum absolute atomic E-state index is 0.196. The number of thiophene rings is 1. The van der Waals surface area contributed by atoms with Crippen molar-refractivity contribution in [2.24, 2.45) is 0 Å². The first-order valence-corrected chi connectivity index (χ1v) is 11.2. The number of rotatable bonds is 8. The van der Waals surface area contributed by atoms with Gasteiger partial charge in [-0.05, 0) is 47.7 Å². The zero-order valence-electron chi connectivity index (χ0n) is 15.5. The third-order valence-electron chi connectivity index (χ3n) is 4.22. The van der Waals surface area contributed by atoms with Crippen LogP contribution in [0, 0.1) is 0 Å². The fourth-order valence-corrected chi connectivity index (χ4v) is 5.04. The van der Waals surface area contributed by atoms with E-state index in [0.717, 1.165) is 10.4 Å². The van der Waals surface area contributed by atoms with Gasteiger partial charge in [-0.25, -0.2) is 8.42 Å². The molecule has 0 unspecified atom stereocenters. The first kappa shape index (κ1) is 20.3. The van der Waals surface area contributed by atoms with E-state index in [9.17, 15) is 13.2 Å². The van der Waals surface area contributed by atoms with Gasteiger partial charge in [0.15, 0.2) is 0 Å². The van der Waals surface area contributed by atoms with Crippen LogP contribution in [0.15, 0.2) is 77.0 Å². The van der Waals surface area contributed by atoms with Crippen molar-refractivity contribution in [1.29, 1.82) is 0 Å². The third-order valence-corrected chi connectivity index (χ3v) is 6.94. The molecule has 1 amide bonds. The molecule has 3 aromatic rings. The molecule has 0 saturated carbocycles. The number of sulfonamides is 1. The Balaban J connectivity index is 1.83. The van der Waals surface area contributed by atoms with Crippen molar-refractivity contribution >= 4 is 33.0 Å². The Morgan fingerprint density at radius 1 is 1.00 bits per heavy atom. The van der Waals surface area contributed by atoms with Crippen LogP contribution in [0.5, 0.6) is 0 Å². The second kappa shape index (κ2) is 9.14. The zero-order valence-corrected chi connectivity index (χ0v) is 17.2. The van der Waals surface area contributed by atoms with Crippen molar-refractivity contribution in [1.82, 2.24) is 4.31 Å². The smallest absolute Gasteiger partial charge is 0.243 e. The normalized spacial score (nSPS) is 11.5. The Bertz CT molecular complexity index is 1000. The highest BCUT2D eigenvalue weighted by Crippen LogP contribution is 2.22. The van der Waals surface area contributed by atoms with Crippen LogP contribution in [-0.4, -0.2) is 25.2 Å². The highest BCUT2D eigenvalue weighted by Gasteiger charge is 2.25. The summed E-state index contributed by atoms with van der Waals surface area (Å²) in [5, 5.41) is 4.59. The topological polar surface area (TPSA) is 66.5 Å². The number of carbonyl (C=O) groups excluding carboxylic acids is 1. The van der Waals surface area contributed by atoms with Gasteiger partial charge in [-0.3, -0.25) is 4.79 Å². The van der Waals surface area contributed by atoms with Gasteiger partial charge in [0, 0.05) is 30.6 Å². The lowest BCUT2D eigenvalue weighted by Crippen LogP contribution is -2.32. The molecule has 1 heterocycles. The predicted octanol–water partition coefficient (Wildman–Crippen LogP) is 4.14. The highest BCUT2D eigenvalue weighted by atomic mass is 32.2. The molecule has 0 aliphatic carbocycles. The van der Waals surface area contributed by atoms with Gasteiger partial charge < -0.3 is 5.32 Å². The molecule has 0 radical (unpaired) electrons. The molecule has 1 N–H and O–H groups in total. The van der Waals surface area contributed by atoms with Crippen LogP contribution in [0.2, 0.25) is 0 Å². The van der Waals surface area contributed by atoms with Crippen LogP contribution in [0.25, 0.3) is 0 Å². The first-order chi connectivity index (χ1) is 13.4. The average molecular weight is 415 g/mol. The van der Waals surface area contributed by atoms with Gasteiger partial charge in [-0.1, -0.05) is 36.4 Å². The number of carbonyl (C=O) groups is 1. The molecule has 0 bridgehead atoms. The molecule has 7 heteroatoms. The van der Waals surface area contributed by atoms with E-state index in [1.165, 1.54) is 34.7 Å². The van der Waals surface area contributed by atoms with Crippen molar-refractivity contribution in [2.45, 2.75) is 24.8 Å². The largest absolute Gasteiger partial charge is 0.326 e. The van der Waals surface area contributed by atoms with Crippen molar-refractivity contribution in [3.63, 3.8) is 0 Å². The van der Waals surface area contributed by atoms with E-state index in [2.05, 4.69) is 5.32 Å². The monoisotopic (exact) mass is 414 g/mol. The number of hydrogen-bond acceptors (Lipinski definition) is 4. The molecule has 0 fully saturated rings. The lowest BCUT2D eigenvalue weighted by atomic mass is 10.1. The molecule has 5 nitrogen and oxygen atoms in total. The summed E-state index contributed by atoms with van der Waals surface area (Å²) < 4.78 is 28.0. The van der Waals surface area contributed by atoms with Crippen LogP contribution in [0.4, 0.5) is 5.69 Å². The van der Waals surface area contributed by atoms with Crippen LogP contribution in [0.1, 0.15) is 17.4 Å². The number of anilines is 1. The van der Waals surface area contributed by atoms with Gasteiger partial charge in [0.25, 0.3) is 0 Å². The first-order valence-electron chi connectivity index (χ1n) is 8.89. The van der Waals surface area contributed by atoms with Crippen molar-refractivity contribution in [3.8, 4) is 0 Å². The Hall–Kier alpha value is -2.48. The molecule has 0 saturated heterocycles. The maximum Gasteiger partial charge on any atom is 0.243 e. The van der Waals surface area contributed by atoms with E-state index in [4.69, 9.17) is 0 Å². The van der Waals surface area contributed by atoms with Gasteiger partial charge in [0.05, 0.1) is 4.90 Å². The van der Waals surface area contributed by atoms with Crippen molar-refractivity contribution < 1.29 is 13.2 Å². The summed E-state index contributed by atoms with van der Waals surface area (Å²) in [5.41, 5.74) is 1.66. The van der Waals surface area contributed by atoms with Crippen LogP contribution in [0.3, 0.4) is 0 Å². The molecule has 146 valence electrons. The Morgan fingerprint density at radius 2 is 1.71 bits per heavy atom. The van der Waals surface area contributed by atoms with Crippen molar-refractivity contribution in [3.05, 3.63) is 82.6 Å². The maximum atomic E-state index is 13.3. The minimum Gasteiger partial charge on any atom is -0.326 e. The van der Waals surface area contributed by atoms with E-state index in [0.29, 0.717) is 25.2 Å². The van der Waals surface area contributed by atoms with E-state index < -0.39 is 10.0 Å². The Morgan fingerprint density at radius 3 is 2.32 bits per heavy atom. The SMILES string of the molecule is CC(=O)Nc1ccc(S(=O)(=O)N(CCc2ccccc2)Cc2cccs2)cc1. The zero-order chi connectivity index (χ0) is 20.0. The summed E-state index contributed by atoms with van der Waals surface area (Å²) in [4.78, 5) is 12.4. The number of nitrogens with one attached hydrogen (secondary N) is 1. The fraction of sp³-hybridized carbons (Fsp3) is 0.190. The van der Waals surface area contributed by atoms with Gasteiger partial charge in [-0.2, -0.15) is 4.31 Å². The second-order valence-corrected chi connectivity index (χ2v) is 9.33. The summed E-state index contributed by atoms with van der Waals surface area (Å²) in [6.45, 7) is 2.13. The summed E-state index contributed by atoms with van der Waals surface area (Å²) in [7, 11) is -3.67. The molecule has 2 aromatic carbocycles. The highest BCUT2D eigenvalue weighted by molar-refractivity contribution is 7.89. The maximum absolute atomic E-state index is 13.3. The predicted molar refractivity (Wildman–Crippen MR) is 113 cm³/mol. The molecule has 0 atom stereocenters. The molecule has 0 aliphatic heterocycles. The number of nitrogens with zero attached hydrogens (tertiary/aromatic N) is 1. The Labute approximate surface area is 169 Å². The number of hydrogen-bond donors (Lipinski definition) is 1. The van der Waals surface area contributed by atoms with E-state index in [1.807, 2.05) is 47.8 Å². The van der Waals surface area contributed by atoms with Crippen LogP contribution in [-0.2, 0) is 27.8 Å². The molecule has 28 heavy (non-hydrogen) atoms. The lowest BCUT2D eigenvalue weighted by molar-refractivity contribution is -0.114. The quantitative estimate of drug-likeness (QED) is 0.602. The van der Waals surface area contributed by atoms with Gasteiger partial charge in [0.2, 0.25) is 15.9 Å². The third kappa shape index (κ3) is 5.28. The molecule has 0 spiro atoms.